The topological polar surface area (TPSA) is 21.3 Å². The fourth-order valence-electron chi connectivity index (χ4n) is 1.89. The largest absolute Gasteiger partial charge is 0.490 e. The summed E-state index contributed by atoms with van der Waals surface area (Å²) >= 11 is 3.52. The van der Waals surface area contributed by atoms with Crippen molar-refractivity contribution in [2.75, 3.05) is 7.05 Å². The van der Waals surface area contributed by atoms with Crippen molar-refractivity contribution in [3.8, 4) is 5.75 Å². The first kappa shape index (κ1) is 9.99. The zero-order valence-corrected chi connectivity index (χ0v) is 10.0. The summed E-state index contributed by atoms with van der Waals surface area (Å²) in [5.41, 5.74) is 2.55. The molecule has 0 aromatic heterocycles. The van der Waals surface area contributed by atoms with Crippen LogP contribution in [0.15, 0.2) is 16.6 Å². The van der Waals surface area contributed by atoms with E-state index in [1.165, 1.54) is 11.1 Å². The maximum atomic E-state index is 5.78. The van der Waals surface area contributed by atoms with Crippen molar-refractivity contribution in [3.63, 3.8) is 0 Å². The molecule has 3 heteroatoms. The molecule has 1 heterocycles. The first-order valence-electron chi connectivity index (χ1n) is 4.83. The van der Waals surface area contributed by atoms with Crippen LogP contribution < -0.4 is 10.1 Å². The van der Waals surface area contributed by atoms with Crippen LogP contribution in [0.3, 0.4) is 0 Å². The predicted octanol–water partition coefficient (Wildman–Crippen LogP) is 2.49. The smallest absolute Gasteiger partial charge is 0.127 e. The summed E-state index contributed by atoms with van der Waals surface area (Å²) in [5.74, 6) is 1.08. The first-order chi connectivity index (χ1) is 6.70. The van der Waals surface area contributed by atoms with E-state index in [-0.39, 0.29) is 0 Å². The molecular weight excluding hydrogens is 242 g/mol. The number of nitrogens with one attached hydrogen (secondary N) is 1. The van der Waals surface area contributed by atoms with Gasteiger partial charge < -0.3 is 10.1 Å². The Kier molecular flexibility index (Phi) is 2.79. The zero-order chi connectivity index (χ0) is 10.1. The van der Waals surface area contributed by atoms with Crippen molar-refractivity contribution in [2.24, 2.45) is 0 Å². The highest BCUT2D eigenvalue weighted by atomic mass is 79.9. The molecule has 1 aliphatic heterocycles. The van der Waals surface area contributed by atoms with Gasteiger partial charge in [0, 0.05) is 23.0 Å². The Bertz CT molecular complexity index is 351. The van der Waals surface area contributed by atoms with Crippen molar-refractivity contribution in [1.82, 2.24) is 5.32 Å². The lowest BCUT2D eigenvalue weighted by atomic mass is 10.1. The van der Waals surface area contributed by atoms with E-state index in [9.17, 15) is 0 Å². The molecular formula is C11H14BrNO. The molecule has 76 valence electrons. The molecule has 2 rings (SSSR count). The van der Waals surface area contributed by atoms with Crippen molar-refractivity contribution in [2.45, 2.75) is 26.0 Å². The number of fused-ring (bicyclic) bond motifs is 1. The van der Waals surface area contributed by atoms with Crippen LogP contribution in [0.5, 0.6) is 5.75 Å². The molecule has 1 aromatic carbocycles. The van der Waals surface area contributed by atoms with Crippen molar-refractivity contribution < 1.29 is 4.74 Å². The van der Waals surface area contributed by atoms with E-state index >= 15 is 0 Å². The molecule has 0 saturated carbocycles. The molecule has 0 spiro atoms. The lowest BCUT2D eigenvalue weighted by molar-refractivity contribution is 0.252. The summed E-state index contributed by atoms with van der Waals surface area (Å²) in [6.45, 7) is 2.96. The summed E-state index contributed by atoms with van der Waals surface area (Å²) in [4.78, 5) is 0. The van der Waals surface area contributed by atoms with Gasteiger partial charge in [0.25, 0.3) is 0 Å². The van der Waals surface area contributed by atoms with E-state index in [0.29, 0.717) is 6.10 Å². The summed E-state index contributed by atoms with van der Waals surface area (Å²) in [5, 5.41) is 3.15. The Morgan fingerprint density at radius 3 is 3.07 bits per heavy atom. The molecule has 1 atom stereocenters. The van der Waals surface area contributed by atoms with Crippen LogP contribution >= 0.6 is 15.9 Å². The Labute approximate surface area is 92.8 Å². The van der Waals surface area contributed by atoms with E-state index in [2.05, 4.69) is 40.3 Å². The van der Waals surface area contributed by atoms with Gasteiger partial charge in [-0.1, -0.05) is 15.9 Å². The van der Waals surface area contributed by atoms with Gasteiger partial charge in [-0.2, -0.15) is 0 Å². The van der Waals surface area contributed by atoms with Crippen LogP contribution in [0.25, 0.3) is 0 Å². The summed E-state index contributed by atoms with van der Waals surface area (Å²) in [6.07, 6.45) is 1.33. The van der Waals surface area contributed by atoms with Crippen molar-refractivity contribution in [1.29, 1.82) is 0 Å². The van der Waals surface area contributed by atoms with Gasteiger partial charge in [0.1, 0.15) is 11.9 Å². The van der Waals surface area contributed by atoms with Gasteiger partial charge in [-0.3, -0.25) is 0 Å². The van der Waals surface area contributed by atoms with E-state index in [0.717, 1.165) is 23.2 Å². The fraction of sp³-hybridized carbons (Fsp3) is 0.455. The quantitative estimate of drug-likeness (QED) is 0.877. The van der Waals surface area contributed by atoms with Crippen LogP contribution in [0.2, 0.25) is 0 Å². The predicted molar refractivity (Wildman–Crippen MR) is 60.7 cm³/mol. The minimum atomic E-state index is 0.315. The van der Waals surface area contributed by atoms with Gasteiger partial charge in [-0.15, -0.1) is 0 Å². The molecule has 0 bridgehead atoms. The minimum Gasteiger partial charge on any atom is -0.490 e. The van der Waals surface area contributed by atoms with Gasteiger partial charge in [0.2, 0.25) is 0 Å². The minimum absolute atomic E-state index is 0.315. The van der Waals surface area contributed by atoms with Gasteiger partial charge >= 0.3 is 0 Å². The third-order valence-corrected chi connectivity index (χ3v) is 2.86. The number of benzene rings is 1. The number of rotatable bonds is 2. The van der Waals surface area contributed by atoms with Crippen molar-refractivity contribution >= 4 is 15.9 Å². The number of hydrogen-bond donors (Lipinski definition) is 1. The zero-order valence-electron chi connectivity index (χ0n) is 8.43. The Morgan fingerprint density at radius 1 is 1.57 bits per heavy atom. The SMILES string of the molecule is CNCc1cc(Br)cc2c1OC(C)C2. The van der Waals surface area contributed by atoms with Gasteiger partial charge in [-0.25, -0.2) is 0 Å². The lowest BCUT2D eigenvalue weighted by Crippen LogP contribution is -2.09. The number of hydrogen-bond acceptors (Lipinski definition) is 2. The van der Waals surface area contributed by atoms with E-state index in [1.54, 1.807) is 0 Å². The van der Waals surface area contributed by atoms with Crippen LogP contribution in [0.4, 0.5) is 0 Å². The maximum absolute atomic E-state index is 5.78. The molecule has 1 unspecified atom stereocenters. The summed E-state index contributed by atoms with van der Waals surface area (Å²) in [6, 6.07) is 4.27. The van der Waals surface area contributed by atoms with Crippen molar-refractivity contribution in [3.05, 3.63) is 27.7 Å². The third-order valence-electron chi connectivity index (χ3n) is 2.40. The molecule has 0 radical (unpaired) electrons. The van der Waals surface area contributed by atoms with Crippen LogP contribution in [0.1, 0.15) is 18.1 Å². The average Bonchev–Trinajstić information content (AvgIpc) is 2.45. The Morgan fingerprint density at radius 2 is 2.36 bits per heavy atom. The Hall–Kier alpha value is -0.540. The fourth-order valence-corrected chi connectivity index (χ4v) is 2.44. The first-order valence-corrected chi connectivity index (χ1v) is 5.62. The highest BCUT2D eigenvalue weighted by molar-refractivity contribution is 9.10. The molecule has 1 aromatic rings. The van der Waals surface area contributed by atoms with E-state index in [1.807, 2.05) is 7.05 Å². The molecule has 1 aliphatic rings. The second-order valence-corrected chi connectivity index (χ2v) is 4.63. The molecule has 2 nitrogen and oxygen atoms in total. The highest BCUT2D eigenvalue weighted by Crippen LogP contribution is 2.35. The average molecular weight is 256 g/mol. The van der Waals surface area contributed by atoms with Gasteiger partial charge in [0.15, 0.2) is 0 Å². The molecule has 0 amide bonds. The van der Waals surface area contributed by atoms with Gasteiger partial charge in [0.05, 0.1) is 0 Å². The normalized spacial score (nSPS) is 19.2. The summed E-state index contributed by atoms with van der Waals surface area (Å²) < 4.78 is 6.92. The second-order valence-electron chi connectivity index (χ2n) is 3.72. The molecule has 0 saturated heterocycles. The van der Waals surface area contributed by atoms with Gasteiger partial charge in [-0.05, 0) is 31.7 Å². The highest BCUT2D eigenvalue weighted by Gasteiger charge is 2.22. The molecule has 14 heavy (non-hydrogen) atoms. The third kappa shape index (κ3) is 1.79. The number of ether oxygens (including phenoxy) is 1. The lowest BCUT2D eigenvalue weighted by Gasteiger charge is -2.09. The maximum Gasteiger partial charge on any atom is 0.127 e. The standard InChI is InChI=1S/C11H14BrNO/c1-7-3-8-4-10(12)5-9(6-13-2)11(8)14-7/h4-5,7,13H,3,6H2,1-2H3. The molecule has 0 fully saturated rings. The second kappa shape index (κ2) is 3.91. The summed E-state index contributed by atoms with van der Waals surface area (Å²) in [7, 11) is 1.95. The van der Waals surface area contributed by atoms with Crippen LogP contribution in [-0.4, -0.2) is 13.2 Å². The molecule has 0 aliphatic carbocycles. The van der Waals surface area contributed by atoms with Crippen LogP contribution in [-0.2, 0) is 13.0 Å². The van der Waals surface area contributed by atoms with E-state index < -0.39 is 0 Å². The van der Waals surface area contributed by atoms with Crippen LogP contribution in [0, 0.1) is 0 Å². The number of halogens is 1. The molecule has 1 N–H and O–H groups in total. The monoisotopic (exact) mass is 255 g/mol. The Balaban J connectivity index is 2.41. The van der Waals surface area contributed by atoms with E-state index in [4.69, 9.17) is 4.74 Å².